The number of hydrogen-bond acceptors (Lipinski definition) is 1. The molecule has 1 N–H and O–H groups in total. The minimum Gasteiger partial charge on any atom is -0.319 e. The highest BCUT2D eigenvalue weighted by Gasteiger charge is 2.34. The van der Waals surface area contributed by atoms with Gasteiger partial charge in [-0.3, -0.25) is 0 Å². The molecular formula is C13H16F3N. The number of halogens is 3. The van der Waals surface area contributed by atoms with Crippen molar-refractivity contribution in [3.05, 3.63) is 35.4 Å². The molecule has 1 aliphatic carbocycles. The molecule has 17 heavy (non-hydrogen) atoms. The second-order valence-electron chi connectivity index (χ2n) is 4.62. The summed E-state index contributed by atoms with van der Waals surface area (Å²) in [5.74, 6) is 0.758. The lowest BCUT2D eigenvalue weighted by atomic mass is 9.70. The molecule has 0 amide bonds. The molecular weight excluding hydrogens is 227 g/mol. The minimum atomic E-state index is -4.24. The summed E-state index contributed by atoms with van der Waals surface area (Å²) in [5, 5.41) is 3.09. The van der Waals surface area contributed by atoms with Crippen LogP contribution >= 0.6 is 0 Å². The van der Waals surface area contributed by atoms with Gasteiger partial charge in [0.15, 0.2) is 0 Å². The van der Waals surface area contributed by atoms with Gasteiger partial charge in [-0.25, -0.2) is 0 Å². The van der Waals surface area contributed by atoms with Gasteiger partial charge in [-0.05, 0) is 49.9 Å². The zero-order valence-corrected chi connectivity index (χ0v) is 9.72. The first-order valence-corrected chi connectivity index (χ1v) is 5.84. The van der Waals surface area contributed by atoms with E-state index < -0.39 is 11.7 Å². The maximum Gasteiger partial charge on any atom is 0.416 e. The molecule has 2 rings (SSSR count). The Morgan fingerprint density at radius 3 is 2.59 bits per heavy atom. The average molecular weight is 243 g/mol. The fourth-order valence-electron chi connectivity index (χ4n) is 2.46. The SMILES string of the molecule is CNCC1CCC1c1cccc(C(F)(F)F)c1. The molecule has 0 aliphatic heterocycles. The Morgan fingerprint density at radius 1 is 1.29 bits per heavy atom. The molecule has 0 bridgehead atoms. The third-order valence-corrected chi connectivity index (χ3v) is 3.53. The molecule has 94 valence electrons. The van der Waals surface area contributed by atoms with Crippen LogP contribution in [0.1, 0.15) is 29.9 Å². The first kappa shape index (κ1) is 12.4. The second-order valence-corrected chi connectivity index (χ2v) is 4.62. The monoisotopic (exact) mass is 243 g/mol. The van der Waals surface area contributed by atoms with E-state index in [2.05, 4.69) is 5.32 Å². The van der Waals surface area contributed by atoms with Gasteiger partial charge in [0, 0.05) is 0 Å². The molecule has 1 aromatic rings. The predicted octanol–water partition coefficient (Wildman–Crippen LogP) is 3.42. The lowest BCUT2D eigenvalue weighted by Gasteiger charge is -2.37. The number of hydrogen-bond donors (Lipinski definition) is 1. The minimum absolute atomic E-state index is 0.282. The topological polar surface area (TPSA) is 12.0 Å². The van der Waals surface area contributed by atoms with Gasteiger partial charge in [-0.1, -0.05) is 18.2 Å². The van der Waals surface area contributed by atoms with Gasteiger partial charge in [-0.15, -0.1) is 0 Å². The molecule has 2 unspecified atom stereocenters. The van der Waals surface area contributed by atoms with E-state index in [1.165, 1.54) is 12.1 Å². The van der Waals surface area contributed by atoms with Crippen molar-refractivity contribution >= 4 is 0 Å². The highest BCUT2D eigenvalue weighted by molar-refractivity contribution is 5.30. The van der Waals surface area contributed by atoms with Gasteiger partial charge in [0.1, 0.15) is 0 Å². The van der Waals surface area contributed by atoms with Gasteiger partial charge in [-0.2, -0.15) is 13.2 Å². The van der Waals surface area contributed by atoms with Crippen LogP contribution in [0.4, 0.5) is 13.2 Å². The van der Waals surface area contributed by atoms with Crippen molar-refractivity contribution in [1.29, 1.82) is 0 Å². The zero-order chi connectivity index (χ0) is 12.5. The first-order valence-electron chi connectivity index (χ1n) is 5.84. The number of benzene rings is 1. The van der Waals surface area contributed by atoms with Gasteiger partial charge >= 0.3 is 6.18 Å². The third kappa shape index (κ3) is 2.63. The largest absolute Gasteiger partial charge is 0.416 e. The summed E-state index contributed by atoms with van der Waals surface area (Å²) in [5.41, 5.74) is 0.288. The molecule has 2 atom stereocenters. The molecule has 1 saturated carbocycles. The Hall–Kier alpha value is -1.03. The highest BCUT2D eigenvalue weighted by atomic mass is 19.4. The van der Waals surface area contributed by atoms with Crippen molar-refractivity contribution in [3.63, 3.8) is 0 Å². The molecule has 1 aromatic carbocycles. The fraction of sp³-hybridized carbons (Fsp3) is 0.538. The van der Waals surface area contributed by atoms with E-state index in [9.17, 15) is 13.2 Å². The Balaban J connectivity index is 2.17. The van der Waals surface area contributed by atoms with Crippen LogP contribution in [0.5, 0.6) is 0 Å². The lowest BCUT2D eigenvalue weighted by Crippen LogP contribution is -2.32. The Labute approximate surface area is 99.0 Å². The van der Waals surface area contributed by atoms with Crippen LogP contribution in [0, 0.1) is 5.92 Å². The van der Waals surface area contributed by atoms with Gasteiger partial charge < -0.3 is 5.32 Å². The molecule has 0 spiro atoms. The Bertz CT molecular complexity index is 386. The summed E-state index contributed by atoms with van der Waals surface area (Å²) in [6, 6.07) is 5.75. The summed E-state index contributed by atoms with van der Waals surface area (Å²) in [4.78, 5) is 0. The zero-order valence-electron chi connectivity index (χ0n) is 9.72. The highest BCUT2D eigenvalue weighted by Crippen LogP contribution is 2.43. The maximum absolute atomic E-state index is 12.6. The second kappa shape index (κ2) is 4.69. The van der Waals surface area contributed by atoms with Crippen LogP contribution in [0.15, 0.2) is 24.3 Å². The summed E-state index contributed by atoms with van der Waals surface area (Å²) in [6.07, 6.45) is -2.15. The average Bonchev–Trinajstić information content (AvgIpc) is 2.24. The van der Waals surface area contributed by atoms with Gasteiger partial charge in [0.25, 0.3) is 0 Å². The van der Waals surface area contributed by atoms with Crippen LogP contribution in [-0.2, 0) is 6.18 Å². The smallest absolute Gasteiger partial charge is 0.319 e. The quantitative estimate of drug-likeness (QED) is 0.857. The van der Waals surface area contributed by atoms with Crippen LogP contribution in [0.25, 0.3) is 0 Å². The number of rotatable bonds is 3. The molecule has 1 fully saturated rings. The van der Waals surface area contributed by atoms with Crippen molar-refractivity contribution in [2.75, 3.05) is 13.6 Å². The van der Waals surface area contributed by atoms with Crippen LogP contribution in [-0.4, -0.2) is 13.6 Å². The third-order valence-electron chi connectivity index (χ3n) is 3.53. The number of alkyl halides is 3. The summed E-state index contributed by atoms with van der Waals surface area (Å²) in [7, 11) is 1.88. The first-order chi connectivity index (χ1) is 8.02. The summed E-state index contributed by atoms with van der Waals surface area (Å²) < 4.78 is 37.8. The van der Waals surface area contributed by atoms with E-state index in [4.69, 9.17) is 0 Å². The summed E-state index contributed by atoms with van der Waals surface area (Å²) in [6.45, 7) is 0.876. The molecule has 0 radical (unpaired) electrons. The van der Waals surface area contributed by atoms with Crippen molar-refractivity contribution in [2.45, 2.75) is 24.9 Å². The van der Waals surface area contributed by atoms with Crippen LogP contribution in [0.2, 0.25) is 0 Å². The van der Waals surface area contributed by atoms with Crippen LogP contribution in [0.3, 0.4) is 0 Å². The number of nitrogens with one attached hydrogen (secondary N) is 1. The molecule has 0 saturated heterocycles. The van der Waals surface area contributed by atoms with E-state index in [1.54, 1.807) is 0 Å². The fourth-order valence-corrected chi connectivity index (χ4v) is 2.46. The molecule has 0 heterocycles. The van der Waals surface area contributed by atoms with E-state index in [0.29, 0.717) is 5.92 Å². The Morgan fingerprint density at radius 2 is 2.06 bits per heavy atom. The molecule has 0 aromatic heterocycles. The van der Waals surface area contributed by atoms with Crippen molar-refractivity contribution in [1.82, 2.24) is 5.32 Å². The van der Waals surface area contributed by atoms with E-state index in [1.807, 2.05) is 13.1 Å². The van der Waals surface area contributed by atoms with E-state index in [-0.39, 0.29) is 5.92 Å². The van der Waals surface area contributed by atoms with E-state index in [0.717, 1.165) is 31.0 Å². The van der Waals surface area contributed by atoms with Crippen molar-refractivity contribution < 1.29 is 13.2 Å². The molecule has 4 heteroatoms. The van der Waals surface area contributed by atoms with E-state index >= 15 is 0 Å². The van der Waals surface area contributed by atoms with Crippen molar-refractivity contribution in [2.24, 2.45) is 5.92 Å². The summed E-state index contributed by atoms with van der Waals surface area (Å²) >= 11 is 0. The normalized spacial score (nSPS) is 24.5. The Kier molecular flexibility index (Phi) is 3.43. The van der Waals surface area contributed by atoms with Crippen molar-refractivity contribution in [3.8, 4) is 0 Å². The predicted molar refractivity (Wildman–Crippen MR) is 60.8 cm³/mol. The van der Waals surface area contributed by atoms with Gasteiger partial charge in [0.2, 0.25) is 0 Å². The lowest BCUT2D eigenvalue weighted by molar-refractivity contribution is -0.137. The standard InChI is InChI=1S/C13H16F3N/c1-17-8-10-5-6-12(10)9-3-2-4-11(7-9)13(14,15)16/h2-4,7,10,12,17H,5-6,8H2,1H3. The molecule has 1 aliphatic rings. The molecule has 1 nitrogen and oxygen atoms in total. The van der Waals surface area contributed by atoms with Gasteiger partial charge in [0.05, 0.1) is 5.56 Å². The van der Waals surface area contributed by atoms with Crippen LogP contribution < -0.4 is 5.32 Å². The maximum atomic E-state index is 12.6.